The molecule has 0 unspecified atom stereocenters. The van der Waals surface area contributed by atoms with Crippen LogP contribution in [0.3, 0.4) is 0 Å². The Morgan fingerprint density at radius 1 is 1.24 bits per heavy atom. The average molecular weight is 292 g/mol. The summed E-state index contributed by atoms with van der Waals surface area (Å²) in [5, 5.41) is 4.09. The Hall–Kier alpha value is -1.43. The molecule has 6 heteroatoms. The van der Waals surface area contributed by atoms with Gasteiger partial charge < -0.3 is 9.42 Å². The summed E-state index contributed by atoms with van der Waals surface area (Å²) < 4.78 is 5.47. The predicted molar refractivity (Wildman–Crippen MR) is 77.7 cm³/mol. The molecule has 1 aromatic heterocycles. The first kappa shape index (κ1) is 14.5. The lowest BCUT2D eigenvalue weighted by Gasteiger charge is -2.21. The zero-order valence-electron chi connectivity index (χ0n) is 12.8. The zero-order valence-corrected chi connectivity index (χ0v) is 12.8. The number of amides is 1. The molecule has 3 rings (SSSR count). The van der Waals surface area contributed by atoms with E-state index in [0.717, 1.165) is 37.6 Å². The van der Waals surface area contributed by atoms with Crippen molar-refractivity contribution in [1.29, 1.82) is 0 Å². The summed E-state index contributed by atoms with van der Waals surface area (Å²) in [5.74, 6) is 1.71. The van der Waals surface area contributed by atoms with E-state index in [1.807, 2.05) is 4.90 Å². The fourth-order valence-electron chi connectivity index (χ4n) is 3.24. The molecule has 6 nitrogen and oxygen atoms in total. The van der Waals surface area contributed by atoms with Crippen LogP contribution in [0.4, 0.5) is 0 Å². The van der Waals surface area contributed by atoms with E-state index in [1.54, 1.807) is 0 Å². The molecule has 0 radical (unpaired) electrons. The molecular formula is C15H24N4O2. The number of nitrogens with zero attached hydrogens (tertiary/aromatic N) is 4. The summed E-state index contributed by atoms with van der Waals surface area (Å²) in [6.07, 6.45) is 7.17. The Kier molecular flexibility index (Phi) is 4.53. The molecule has 21 heavy (non-hydrogen) atoms. The monoisotopic (exact) mass is 292 g/mol. The summed E-state index contributed by atoms with van der Waals surface area (Å²) in [6.45, 7) is 2.66. The minimum absolute atomic E-state index is 0.252. The van der Waals surface area contributed by atoms with Gasteiger partial charge in [-0.3, -0.25) is 9.69 Å². The molecule has 0 N–H and O–H groups in total. The van der Waals surface area contributed by atoms with Gasteiger partial charge in [0.15, 0.2) is 5.82 Å². The Balaban J connectivity index is 1.58. The van der Waals surface area contributed by atoms with Crippen molar-refractivity contribution >= 4 is 5.91 Å². The van der Waals surface area contributed by atoms with Gasteiger partial charge in [-0.1, -0.05) is 18.0 Å². The quantitative estimate of drug-likeness (QED) is 0.846. The van der Waals surface area contributed by atoms with E-state index in [4.69, 9.17) is 4.52 Å². The molecule has 0 aliphatic carbocycles. The Bertz CT molecular complexity index is 488. The van der Waals surface area contributed by atoms with Crippen molar-refractivity contribution in [2.24, 2.45) is 0 Å². The van der Waals surface area contributed by atoms with Crippen molar-refractivity contribution in [1.82, 2.24) is 19.9 Å². The molecule has 0 bridgehead atoms. The fraction of sp³-hybridized carbons (Fsp3) is 0.800. The van der Waals surface area contributed by atoms with Crippen LogP contribution in [0.15, 0.2) is 4.52 Å². The van der Waals surface area contributed by atoms with Crippen molar-refractivity contribution in [2.45, 2.75) is 51.0 Å². The first-order chi connectivity index (χ1) is 10.2. The van der Waals surface area contributed by atoms with Gasteiger partial charge in [0.1, 0.15) is 0 Å². The minimum atomic E-state index is 0.252. The second-order valence-corrected chi connectivity index (χ2v) is 6.13. The molecule has 1 amide bonds. The first-order valence-corrected chi connectivity index (χ1v) is 8.04. The second kappa shape index (κ2) is 6.56. The number of carbonyl (C=O) groups excluding carboxylic acids is 1. The van der Waals surface area contributed by atoms with Crippen molar-refractivity contribution in [3.05, 3.63) is 11.7 Å². The van der Waals surface area contributed by atoms with Crippen LogP contribution in [0.25, 0.3) is 0 Å². The highest BCUT2D eigenvalue weighted by atomic mass is 16.5. The van der Waals surface area contributed by atoms with Crippen LogP contribution in [0.1, 0.15) is 56.3 Å². The van der Waals surface area contributed by atoms with Crippen LogP contribution >= 0.6 is 0 Å². The molecule has 2 fully saturated rings. The van der Waals surface area contributed by atoms with Crippen LogP contribution in [0.5, 0.6) is 0 Å². The number of hydrogen-bond donors (Lipinski definition) is 0. The van der Waals surface area contributed by atoms with Crippen LogP contribution in [0, 0.1) is 0 Å². The van der Waals surface area contributed by atoms with E-state index < -0.39 is 0 Å². The lowest BCUT2D eigenvalue weighted by Crippen LogP contribution is -2.27. The van der Waals surface area contributed by atoms with Gasteiger partial charge in [0.25, 0.3) is 0 Å². The molecule has 2 aliphatic rings. The maximum absolute atomic E-state index is 11.6. The van der Waals surface area contributed by atoms with E-state index in [0.29, 0.717) is 19.4 Å². The molecule has 116 valence electrons. The maximum Gasteiger partial charge on any atom is 0.243 e. The molecule has 2 saturated heterocycles. The molecule has 1 atom stereocenters. The lowest BCUT2D eigenvalue weighted by atomic mass is 10.1. The smallest absolute Gasteiger partial charge is 0.243 e. The normalized spacial score (nSPS) is 24.5. The second-order valence-electron chi connectivity index (χ2n) is 6.13. The van der Waals surface area contributed by atoms with Crippen LogP contribution in [-0.2, 0) is 11.2 Å². The Morgan fingerprint density at radius 3 is 2.95 bits per heavy atom. The van der Waals surface area contributed by atoms with E-state index in [1.165, 1.54) is 19.3 Å². The highest BCUT2D eigenvalue weighted by Gasteiger charge is 2.25. The molecule has 2 aliphatic heterocycles. The van der Waals surface area contributed by atoms with E-state index in [9.17, 15) is 4.79 Å². The van der Waals surface area contributed by atoms with Gasteiger partial charge in [-0.25, -0.2) is 0 Å². The Labute approximate surface area is 125 Å². The number of likely N-dealkylation sites (tertiary alicyclic amines) is 2. The summed E-state index contributed by atoms with van der Waals surface area (Å²) in [6, 6.07) is 0.252. The third-order valence-corrected chi connectivity index (χ3v) is 4.57. The summed E-state index contributed by atoms with van der Waals surface area (Å²) >= 11 is 0. The first-order valence-electron chi connectivity index (χ1n) is 8.04. The number of rotatable bonds is 4. The van der Waals surface area contributed by atoms with E-state index >= 15 is 0 Å². The molecule has 1 aromatic rings. The fourth-order valence-corrected chi connectivity index (χ4v) is 3.24. The minimum Gasteiger partial charge on any atom is -0.342 e. The van der Waals surface area contributed by atoms with Gasteiger partial charge >= 0.3 is 0 Å². The van der Waals surface area contributed by atoms with E-state index in [-0.39, 0.29) is 11.9 Å². The highest BCUT2D eigenvalue weighted by Crippen LogP contribution is 2.27. The van der Waals surface area contributed by atoms with Gasteiger partial charge in [0.05, 0.1) is 6.04 Å². The number of carbonyl (C=O) groups is 1. The maximum atomic E-state index is 11.6. The SMILES string of the molecule is CN1CCCCC[C@H]1c1nc(CCN2CCCC2=O)no1. The van der Waals surface area contributed by atoms with Crippen LogP contribution in [-0.4, -0.2) is 52.5 Å². The van der Waals surface area contributed by atoms with Crippen LogP contribution in [0.2, 0.25) is 0 Å². The number of aromatic nitrogens is 2. The molecule has 0 aromatic carbocycles. The predicted octanol–water partition coefficient (Wildman–Crippen LogP) is 1.78. The lowest BCUT2D eigenvalue weighted by molar-refractivity contribution is -0.127. The van der Waals surface area contributed by atoms with Gasteiger partial charge in [-0.2, -0.15) is 4.98 Å². The molecule has 0 spiro atoms. The summed E-state index contributed by atoms with van der Waals surface area (Å²) in [5.41, 5.74) is 0. The zero-order chi connectivity index (χ0) is 14.7. The summed E-state index contributed by atoms with van der Waals surface area (Å²) in [4.78, 5) is 20.3. The van der Waals surface area contributed by atoms with Gasteiger partial charge in [-0.15, -0.1) is 0 Å². The van der Waals surface area contributed by atoms with Gasteiger partial charge in [0, 0.05) is 25.9 Å². The number of hydrogen-bond acceptors (Lipinski definition) is 5. The van der Waals surface area contributed by atoms with Gasteiger partial charge in [-0.05, 0) is 32.9 Å². The summed E-state index contributed by atoms with van der Waals surface area (Å²) in [7, 11) is 2.13. The highest BCUT2D eigenvalue weighted by molar-refractivity contribution is 5.78. The largest absolute Gasteiger partial charge is 0.342 e. The van der Waals surface area contributed by atoms with Gasteiger partial charge in [0.2, 0.25) is 11.8 Å². The Morgan fingerprint density at radius 2 is 2.14 bits per heavy atom. The topological polar surface area (TPSA) is 62.5 Å². The van der Waals surface area contributed by atoms with E-state index in [2.05, 4.69) is 22.1 Å². The average Bonchev–Trinajstić information content (AvgIpc) is 3.04. The molecular weight excluding hydrogens is 268 g/mol. The van der Waals surface area contributed by atoms with Crippen molar-refractivity contribution in [3.63, 3.8) is 0 Å². The molecule has 0 saturated carbocycles. The standard InChI is InChI=1S/C15H24N4O2/c1-18-9-4-2-3-6-12(18)15-16-13(17-21-15)8-11-19-10-5-7-14(19)20/h12H,2-11H2,1H3/t12-/m0/s1. The third-order valence-electron chi connectivity index (χ3n) is 4.57. The van der Waals surface area contributed by atoms with Crippen LogP contribution < -0.4 is 0 Å². The van der Waals surface area contributed by atoms with Crippen molar-refractivity contribution in [3.8, 4) is 0 Å². The molecule has 3 heterocycles. The van der Waals surface area contributed by atoms with Crippen molar-refractivity contribution in [2.75, 3.05) is 26.7 Å². The van der Waals surface area contributed by atoms with Crippen molar-refractivity contribution < 1.29 is 9.32 Å². The third kappa shape index (κ3) is 3.43.